The van der Waals surface area contributed by atoms with Crippen LogP contribution in [-0.2, 0) is 4.79 Å². The number of thiophene rings is 1. The normalized spacial score (nSPS) is 9.64. The van der Waals surface area contributed by atoms with Crippen LogP contribution in [0.2, 0.25) is 0 Å². The van der Waals surface area contributed by atoms with Gasteiger partial charge in [0.15, 0.2) is 0 Å². The molecular weight excluding hydrogens is 296 g/mol. The molecule has 0 aromatic carbocycles. The lowest BCUT2D eigenvalue weighted by atomic mass is 10.3. The van der Waals surface area contributed by atoms with Crippen LogP contribution in [0.5, 0.6) is 0 Å². The second-order valence-electron chi connectivity index (χ2n) is 1.71. The number of ketones is 1. The Balaban J connectivity index is 2.94. The van der Waals surface area contributed by atoms with E-state index in [4.69, 9.17) is 0 Å². The third-order valence-electron chi connectivity index (χ3n) is 0.976. The topological polar surface area (TPSA) is 34.1 Å². The lowest BCUT2D eigenvalue weighted by Gasteiger charge is -1.85. The number of Topliss-reactive ketones (excluding diaryl/α,β-unsaturated/α-hetero) is 1. The lowest BCUT2D eigenvalue weighted by Crippen LogP contribution is -2.03. The highest BCUT2D eigenvalue weighted by Crippen LogP contribution is 2.22. The summed E-state index contributed by atoms with van der Waals surface area (Å²) in [4.78, 5) is 21.9. The van der Waals surface area contributed by atoms with Gasteiger partial charge in [0.25, 0.3) is 4.69 Å². The van der Waals surface area contributed by atoms with E-state index in [0.29, 0.717) is 4.88 Å². The van der Waals surface area contributed by atoms with Gasteiger partial charge >= 0.3 is 0 Å². The molecule has 2 nitrogen and oxygen atoms in total. The molecule has 58 valence electrons. The van der Waals surface area contributed by atoms with Gasteiger partial charge in [0.05, 0.1) is 8.66 Å². The van der Waals surface area contributed by atoms with Gasteiger partial charge in [-0.2, -0.15) is 0 Å². The molecule has 1 heterocycles. The van der Waals surface area contributed by atoms with Gasteiger partial charge in [-0.15, -0.1) is 11.3 Å². The number of hydrogen-bond acceptors (Lipinski definition) is 3. The largest absolute Gasteiger partial charge is 0.283 e. The number of carbonyl (C=O) groups is 2. The van der Waals surface area contributed by atoms with Crippen molar-refractivity contribution in [2.45, 2.75) is 0 Å². The summed E-state index contributed by atoms with van der Waals surface area (Å²) in [5.74, 6) is -0.499. The maximum Gasteiger partial charge on any atom is 0.269 e. The Hall–Kier alpha value is -0.0000000000000000833. The van der Waals surface area contributed by atoms with Crippen molar-refractivity contribution < 1.29 is 9.59 Å². The third-order valence-corrected chi connectivity index (χ3v) is 2.96. The zero-order valence-electron chi connectivity index (χ0n) is 5.14. The van der Waals surface area contributed by atoms with Crippen molar-refractivity contribution in [2.75, 3.05) is 0 Å². The van der Waals surface area contributed by atoms with Crippen LogP contribution < -0.4 is 0 Å². The molecule has 0 amide bonds. The van der Waals surface area contributed by atoms with Crippen LogP contribution >= 0.6 is 43.2 Å². The van der Waals surface area contributed by atoms with Gasteiger partial charge in [0.1, 0.15) is 0 Å². The highest BCUT2D eigenvalue weighted by molar-refractivity contribution is 9.19. The zero-order valence-corrected chi connectivity index (χ0v) is 9.12. The first-order valence-corrected chi connectivity index (χ1v) is 5.01. The first-order chi connectivity index (χ1) is 5.11. The Bertz CT molecular complexity index is 305. The second-order valence-corrected chi connectivity index (χ2v) is 4.89. The standard InChI is InChI=1S/C6H2Br2O2S/c7-4-2-1-3(11-4)5(9)6(8)10/h1-2H. The van der Waals surface area contributed by atoms with Gasteiger partial charge in [0.2, 0.25) is 5.78 Å². The highest BCUT2D eigenvalue weighted by atomic mass is 79.9. The molecule has 0 aliphatic carbocycles. The molecule has 11 heavy (non-hydrogen) atoms. The van der Waals surface area contributed by atoms with Crippen molar-refractivity contribution in [2.24, 2.45) is 0 Å². The summed E-state index contributed by atoms with van der Waals surface area (Å²) in [6.07, 6.45) is 0. The second kappa shape index (κ2) is 3.60. The lowest BCUT2D eigenvalue weighted by molar-refractivity contribution is -0.106. The van der Waals surface area contributed by atoms with E-state index in [0.717, 1.165) is 3.79 Å². The highest BCUT2D eigenvalue weighted by Gasteiger charge is 2.14. The molecule has 0 aliphatic rings. The summed E-state index contributed by atoms with van der Waals surface area (Å²) in [6, 6.07) is 3.34. The summed E-state index contributed by atoms with van der Waals surface area (Å²) in [5, 5.41) is 0. The van der Waals surface area contributed by atoms with Crippen molar-refractivity contribution in [3.63, 3.8) is 0 Å². The summed E-state index contributed by atoms with van der Waals surface area (Å²) in [5.41, 5.74) is 0. The van der Waals surface area contributed by atoms with Crippen LogP contribution in [0.25, 0.3) is 0 Å². The summed E-state index contributed by atoms with van der Waals surface area (Å²) < 4.78 is 0.237. The van der Waals surface area contributed by atoms with Crippen molar-refractivity contribution >= 4 is 53.7 Å². The van der Waals surface area contributed by atoms with Gasteiger partial charge < -0.3 is 0 Å². The van der Waals surface area contributed by atoms with Gasteiger partial charge in [-0.05, 0) is 28.1 Å². The van der Waals surface area contributed by atoms with E-state index >= 15 is 0 Å². The van der Waals surface area contributed by atoms with Crippen molar-refractivity contribution in [1.82, 2.24) is 0 Å². The molecule has 0 radical (unpaired) electrons. The SMILES string of the molecule is O=C(Br)C(=O)c1ccc(Br)s1. The van der Waals surface area contributed by atoms with Gasteiger partial charge in [-0.1, -0.05) is 0 Å². The van der Waals surface area contributed by atoms with E-state index in [1.807, 2.05) is 0 Å². The van der Waals surface area contributed by atoms with Crippen molar-refractivity contribution in [3.05, 3.63) is 20.8 Å². The van der Waals surface area contributed by atoms with Crippen LogP contribution in [-0.4, -0.2) is 10.5 Å². The Kier molecular flexibility index (Phi) is 2.98. The van der Waals surface area contributed by atoms with E-state index < -0.39 is 10.5 Å². The molecule has 0 saturated carbocycles. The van der Waals surface area contributed by atoms with Gasteiger partial charge in [-0.25, -0.2) is 0 Å². The quantitative estimate of drug-likeness (QED) is 0.478. The molecule has 1 aromatic heterocycles. The maximum atomic E-state index is 11.0. The molecule has 5 heteroatoms. The van der Waals surface area contributed by atoms with E-state index in [9.17, 15) is 9.59 Å². The number of rotatable bonds is 2. The molecule has 0 aliphatic heterocycles. The minimum Gasteiger partial charge on any atom is -0.283 e. The minimum absolute atomic E-state index is 0.443. The minimum atomic E-state index is -0.605. The Labute approximate surface area is 83.9 Å². The fourth-order valence-corrected chi connectivity index (χ4v) is 2.20. The molecule has 0 saturated heterocycles. The number of hydrogen-bond donors (Lipinski definition) is 0. The fraction of sp³-hybridized carbons (Fsp3) is 0. The molecule has 1 aromatic rings. The molecule has 0 bridgehead atoms. The number of halogens is 2. The van der Waals surface area contributed by atoms with Crippen LogP contribution in [0.1, 0.15) is 9.67 Å². The molecule has 0 atom stereocenters. The fourth-order valence-electron chi connectivity index (χ4n) is 0.533. The van der Waals surface area contributed by atoms with Gasteiger partial charge in [0, 0.05) is 15.9 Å². The summed E-state index contributed by atoms with van der Waals surface area (Å²) in [7, 11) is 0. The average molecular weight is 298 g/mol. The predicted octanol–water partition coefficient (Wildman–Crippen LogP) is 2.61. The number of carbonyl (C=O) groups excluding carboxylic acids is 2. The molecule has 1 rings (SSSR count). The molecule has 0 unspecified atom stereocenters. The van der Waals surface area contributed by atoms with Crippen molar-refractivity contribution in [1.29, 1.82) is 0 Å². The Morgan fingerprint density at radius 1 is 1.36 bits per heavy atom. The monoisotopic (exact) mass is 296 g/mol. The first-order valence-electron chi connectivity index (χ1n) is 2.61. The van der Waals surface area contributed by atoms with Gasteiger partial charge in [-0.3, -0.25) is 9.59 Å². The summed E-state index contributed by atoms with van der Waals surface area (Å²) >= 11 is 7.02. The van der Waals surface area contributed by atoms with E-state index in [1.165, 1.54) is 11.3 Å². The molecule has 0 fully saturated rings. The molecule has 0 N–H and O–H groups in total. The Morgan fingerprint density at radius 3 is 2.36 bits per heavy atom. The molecular formula is C6H2Br2O2S. The smallest absolute Gasteiger partial charge is 0.269 e. The van der Waals surface area contributed by atoms with Crippen LogP contribution in [0.4, 0.5) is 0 Å². The van der Waals surface area contributed by atoms with Crippen LogP contribution in [0.3, 0.4) is 0 Å². The first kappa shape index (κ1) is 9.09. The predicted molar refractivity (Wildman–Crippen MR) is 50.3 cm³/mol. The van der Waals surface area contributed by atoms with E-state index in [1.54, 1.807) is 12.1 Å². The van der Waals surface area contributed by atoms with Crippen molar-refractivity contribution in [3.8, 4) is 0 Å². The average Bonchev–Trinajstić information content (AvgIpc) is 2.34. The van der Waals surface area contributed by atoms with Crippen LogP contribution in [0, 0.1) is 0 Å². The molecule has 0 spiro atoms. The summed E-state index contributed by atoms with van der Waals surface area (Å²) in [6.45, 7) is 0. The van der Waals surface area contributed by atoms with Crippen LogP contribution in [0.15, 0.2) is 15.9 Å². The maximum absolute atomic E-state index is 11.0. The zero-order chi connectivity index (χ0) is 8.43. The van der Waals surface area contributed by atoms with E-state index in [2.05, 4.69) is 31.9 Å². The Morgan fingerprint density at radius 2 is 2.00 bits per heavy atom. The third kappa shape index (κ3) is 2.21. The van der Waals surface area contributed by atoms with E-state index in [-0.39, 0.29) is 0 Å².